The van der Waals surface area contributed by atoms with E-state index >= 15 is 0 Å². The van der Waals surface area contributed by atoms with Gasteiger partial charge < -0.3 is 4.40 Å². The Morgan fingerprint density at radius 1 is 0.920 bits per heavy atom. The number of nitrogens with zero attached hydrogens (tertiary/aromatic N) is 2. The fraction of sp³-hybridized carbons (Fsp3) is 0.0952. The van der Waals surface area contributed by atoms with Gasteiger partial charge in [0, 0.05) is 28.2 Å². The van der Waals surface area contributed by atoms with Gasteiger partial charge in [-0.25, -0.2) is 4.98 Å². The summed E-state index contributed by atoms with van der Waals surface area (Å²) in [6, 6.07) is 19.9. The number of aryl methyl sites for hydroxylation is 1. The molecule has 4 aromatic rings. The van der Waals surface area contributed by atoms with Crippen LogP contribution in [0.25, 0.3) is 16.9 Å². The second kappa shape index (κ2) is 6.55. The van der Waals surface area contributed by atoms with E-state index < -0.39 is 0 Å². The molecule has 0 amide bonds. The minimum atomic E-state index is 0.708. The van der Waals surface area contributed by atoms with Crippen LogP contribution in [0.4, 0.5) is 0 Å². The number of hydrogen-bond acceptors (Lipinski definition) is 1. The van der Waals surface area contributed by atoms with Crippen LogP contribution in [0.3, 0.4) is 0 Å². The highest BCUT2D eigenvalue weighted by molar-refractivity contribution is 6.31. The van der Waals surface area contributed by atoms with Crippen LogP contribution in [0.5, 0.6) is 0 Å². The number of pyridine rings is 1. The molecule has 0 spiro atoms. The lowest BCUT2D eigenvalue weighted by molar-refractivity contribution is 1.02. The third-order valence-electron chi connectivity index (χ3n) is 4.22. The first-order valence-corrected chi connectivity index (χ1v) is 8.84. The lowest BCUT2D eigenvalue weighted by Gasteiger charge is -2.07. The quantitative estimate of drug-likeness (QED) is 0.421. The van der Waals surface area contributed by atoms with E-state index in [1.54, 1.807) is 0 Å². The van der Waals surface area contributed by atoms with Crippen LogP contribution in [0.15, 0.2) is 66.9 Å². The molecule has 0 aliphatic rings. The minimum Gasteiger partial charge on any atom is -0.303 e. The Morgan fingerprint density at radius 3 is 2.44 bits per heavy atom. The molecule has 2 aromatic heterocycles. The van der Waals surface area contributed by atoms with Gasteiger partial charge in [0.2, 0.25) is 0 Å². The standard InChI is InChI=1S/C21H16Cl2N2/c1-14-8-9-20-24-21(16-5-3-7-18(23)12-16)19(25(20)13-14)11-15-4-2-6-17(22)10-15/h2-10,12-13H,11H2,1H3. The highest BCUT2D eigenvalue weighted by Crippen LogP contribution is 2.29. The van der Waals surface area contributed by atoms with Gasteiger partial charge in [-0.05, 0) is 48.4 Å². The normalized spacial score (nSPS) is 11.2. The number of imidazole rings is 1. The molecule has 0 N–H and O–H groups in total. The van der Waals surface area contributed by atoms with Crippen molar-refractivity contribution in [3.05, 3.63) is 93.7 Å². The second-order valence-electron chi connectivity index (χ2n) is 6.16. The molecule has 0 aliphatic heterocycles. The van der Waals surface area contributed by atoms with Gasteiger partial charge in [-0.1, -0.05) is 53.5 Å². The van der Waals surface area contributed by atoms with Gasteiger partial charge in [0.15, 0.2) is 0 Å². The molecule has 4 rings (SSSR count). The molecule has 4 heteroatoms. The average Bonchev–Trinajstić information content (AvgIpc) is 2.93. The first-order valence-electron chi connectivity index (χ1n) is 8.08. The Bertz CT molecular complexity index is 1070. The molecular formula is C21H16Cl2N2. The van der Waals surface area contributed by atoms with Crippen molar-refractivity contribution in [3.63, 3.8) is 0 Å². The summed E-state index contributed by atoms with van der Waals surface area (Å²) in [5.74, 6) is 0. The molecule has 0 unspecified atom stereocenters. The zero-order chi connectivity index (χ0) is 17.4. The molecule has 2 nitrogen and oxygen atoms in total. The van der Waals surface area contributed by atoms with Crippen molar-refractivity contribution >= 4 is 28.8 Å². The summed E-state index contributed by atoms with van der Waals surface area (Å²) in [4.78, 5) is 4.86. The maximum absolute atomic E-state index is 6.20. The van der Waals surface area contributed by atoms with Gasteiger partial charge in [0.1, 0.15) is 5.65 Å². The second-order valence-corrected chi connectivity index (χ2v) is 7.03. The monoisotopic (exact) mass is 366 g/mol. The van der Waals surface area contributed by atoms with E-state index in [-0.39, 0.29) is 0 Å². The van der Waals surface area contributed by atoms with Gasteiger partial charge in [-0.3, -0.25) is 0 Å². The number of rotatable bonds is 3. The minimum absolute atomic E-state index is 0.708. The van der Waals surface area contributed by atoms with Crippen molar-refractivity contribution in [2.45, 2.75) is 13.3 Å². The molecule has 0 atom stereocenters. The Balaban J connectivity index is 1.92. The van der Waals surface area contributed by atoms with Gasteiger partial charge in [0.25, 0.3) is 0 Å². The fourth-order valence-electron chi connectivity index (χ4n) is 3.08. The molecule has 2 aromatic carbocycles. The SMILES string of the molecule is Cc1ccc2nc(-c3cccc(Cl)c3)c(Cc3cccc(Cl)c3)n2c1. The number of benzene rings is 2. The van der Waals surface area contributed by atoms with Crippen LogP contribution in [0.2, 0.25) is 10.0 Å². The topological polar surface area (TPSA) is 17.3 Å². The molecule has 0 radical (unpaired) electrons. The highest BCUT2D eigenvalue weighted by Gasteiger charge is 2.15. The maximum Gasteiger partial charge on any atom is 0.137 e. The molecule has 0 aliphatic carbocycles. The maximum atomic E-state index is 6.20. The van der Waals surface area contributed by atoms with Crippen molar-refractivity contribution in [2.24, 2.45) is 0 Å². The lowest BCUT2D eigenvalue weighted by Crippen LogP contribution is -1.97. The van der Waals surface area contributed by atoms with Crippen molar-refractivity contribution < 1.29 is 0 Å². The van der Waals surface area contributed by atoms with E-state index in [1.165, 1.54) is 5.56 Å². The summed E-state index contributed by atoms with van der Waals surface area (Å²) in [6.07, 6.45) is 2.86. The molecule has 0 fully saturated rings. The van der Waals surface area contributed by atoms with Crippen molar-refractivity contribution in [1.82, 2.24) is 9.38 Å². The third kappa shape index (κ3) is 3.28. The Hall–Kier alpha value is -2.29. The first-order chi connectivity index (χ1) is 12.1. The predicted octanol–water partition coefficient (Wildman–Crippen LogP) is 6.21. The van der Waals surface area contributed by atoms with Crippen LogP contribution in [-0.2, 0) is 6.42 Å². The summed E-state index contributed by atoms with van der Waals surface area (Å²) in [5.41, 5.74) is 6.37. The molecular weight excluding hydrogens is 351 g/mol. The fourth-order valence-corrected chi connectivity index (χ4v) is 3.48. The number of fused-ring (bicyclic) bond motifs is 1. The van der Waals surface area contributed by atoms with Gasteiger partial charge in [-0.15, -0.1) is 0 Å². The van der Waals surface area contributed by atoms with Crippen LogP contribution < -0.4 is 0 Å². The van der Waals surface area contributed by atoms with E-state index in [9.17, 15) is 0 Å². The largest absolute Gasteiger partial charge is 0.303 e. The van der Waals surface area contributed by atoms with E-state index in [2.05, 4.69) is 29.7 Å². The predicted molar refractivity (Wildman–Crippen MR) is 105 cm³/mol. The Morgan fingerprint density at radius 2 is 1.68 bits per heavy atom. The van der Waals surface area contributed by atoms with E-state index in [0.29, 0.717) is 5.02 Å². The molecule has 0 bridgehead atoms. The Labute approximate surface area is 156 Å². The summed E-state index contributed by atoms with van der Waals surface area (Å²) in [6.45, 7) is 2.08. The van der Waals surface area contributed by atoms with Crippen LogP contribution in [0.1, 0.15) is 16.8 Å². The van der Waals surface area contributed by atoms with E-state index in [1.807, 2.05) is 48.5 Å². The van der Waals surface area contributed by atoms with Crippen LogP contribution in [0, 0.1) is 6.92 Å². The number of aromatic nitrogens is 2. The van der Waals surface area contributed by atoms with E-state index in [0.717, 1.165) is 39.6 Å². The summed E-state index contributed by atoms with van der Waals surface area (Å²) in [5, 5.41) is 1.45. The van der Waals surface area contributed by atoms with Gasteiger partial charge >= 0.3 is 0 Å². The van der Waals surface area contributed by atoms with Gasteiger partial charge in [-0.2, -0.15) is 0 Å². The molecule has 0 saturated carbocycles. The smallest absolute Gasteiger partial charge is 0.137 e. The van der Waals surface area contributed by atoms with Crippen LogP contribution >= 0.6 is 23.2 Å². The molecule has 0 saturated heterocycles. The molecule has 2 heterocycles. The molecule has 124 valence electrons. The third-order valence-corrected chi connectivity index (χ3v) is 4.69. The van der Waals surface area contributed by atoms with Gasteiger partial charge in [0.05, 0.1) is 11.4 Å². The summed E-state index contributed by atoms with van der Waals surface area (Å²) < 4.78 is 2.16. The van der Waals surface area contributed by atoms with Crippen molar-refractivity contribution in [3.8, 4) is 11.3 Å². The highest BCUT2D eigenvalue weighted by atomic mass is 35.5. The lowest BCUT2D eigenvalue weighted by atomic mass is 10.0. The summed E-state index contributed by atoms with van der Waals surface area (Å²) in [7, 11) is 0. The average molecular weight is 367 g/mol. The van der Waals surface area contributed by atoms with Crippen molar-refractivity contribution in [1.29, 1.82) is 0 Å². The molecule has 25 heavy (non-hydrogen) atoms. The number of halogens is 2. The van der Waals surface area contributed by atoms with E-state index in [4.69, 9.17) is 28.2 Å². The Kier molecular flexibility index (Phi) is 4.24. The number of hydrogen-bond donors (Lipinski definition) is 0. The summed E-state index contributed by atoms with van der Waals surface area (Å²) >= 11 is 12.4. The first kappa shape index (κ1) is 16.2. The zero-order valence-electron chi connectivity index (χ0n) is 13.7. The van der Waals surface area contributed by atoms with Crippen LogP contribution in [-0.4, -0.2) is 9.38 Å². The zero-order valence-corrected chi connectivity index (χ0v) is 15.2. The van der Waals surface area contributed by atoms with Crippen molar-refractivity contribution in [2.75, 3.05) is 0 Å².